The van der Waals surface area contributed by atoms with E-state index in [0.29, 0.717) is 25.1 Å². The third-order valence-corrected chi connectivity index (χ3v) is 5.47. The molecule has 2 amide bonds. The van der Waals surface area contributed by atoms with Crippen LogP contribution < -0.4 is 10.6 Å². The van der Waals surface area contributed by atoms with Gasteiger partial charge in [-0.05, 0) is 30.0 Å². The van der Waals surface area contributed by atoms with Crippen LogP contribution in [0.15, 0.2) is 24.3 Å². The van der Waals surface area contributed by atoms with Gasteiger partial charge in [0.2, 0.25) is 5.91 Å². The van der Waals surface area contributed by atoms with Crippen molar-refractivity contribution in [3.05, 3.63) is 35.4 Å². The summed E-state index contributed by atoms with van der Waals surface area (Å²) < 4.78 is 22.7. The van der Waals surface area contributed by atoms with Crippen LogP contribution in [0, 0.1) is 5.92 Å². The van der Waals surface area contributed by atoms with E-state index in [-0.39, 0.29) is 29.2 Å². The minimum Gasteiger partial charge on any atom is -0.352 e. The molecule has 2 N–H and O–H groups in total. The van der Waals surface area contributed by atoms with Crippen LogP contribution in [0.5, 0.6) is 0 Å². The molecule has 0 aromatic heterocycles. The van der Waals surface area contributed by atoms with Crippen LogP contribution in [0.25, 0.3) is 0 Å². The summed E-state index contributed by atoms with van der Waals surface area (Å²) in [4.78, 5) is 22.8. The molecule has 0 bridgehead atoms. The van der Waals surface area contributed by atoms with E-state index in [1.54, 1.807) is 24.3 Å². The Morgan fingerprint density at radius 1 is 1.18 bits per heavy atom. The predicted molar refractivity (Wildman–Crippen MR) is 83.1 cm³/mol. The van der Waals surface area contributed by atoms with Crippen molar-refractivity contribution in [2.75, 3.05) is 18.1 Å². The molecule has 0 aliphatic carbocycles. The lowest BCUT2D eigenvalue weighted by Gasteiger charge is -2.10. The van der Waals surface area contributed by atoms with Crippen LogP contribution in [0.1, 0.15) is 29.3 Å². The fraction of sp³-hybridized carbons (Fsp3) is 0.467. The maximum atomic E-state index is 12.0. The maximum absolute atomic E-state index is 12.0. The van der Waals surface area contributed by atoms with Crippen molar-refractivity contribution >= 4 is 21.7 Å². The Kier molecular flexibility index (Phi) is 5.18. The highest BCUT2D eigenvalue weighted by Crippen LogP contribution is 2.17. The lowest BCUT2D eigenvalue weighted by atomic mass is 10.1. The van der Waals surface area contributed by atoms with Crippen molar-refractivity contribution < 1.29 is 18.0 Å². The first-order chi connectivity index (χ1) is 10.4. The molecule has 0 spiro atoms. The molecule has 1 aromatic carbocycles. The number of benzene rings is 1. The van der Waals surface area contributed by atoms with Gasteiger partial charge < -0.3 is 10.6 Å². The molecule has 7 heteroatoms. The van der Waals surface area contributed by atoms with Gasteiger partial charge in [0.25, 0.3) is 5.91 Å². The van der Waals surface area contributed by atoms with E-state index < -0.39 is 9.84 Å². The van der Waals surface area contributed by atoms with Gasteiger partial charge in [0.15, 0.2) is 9.84 Å². The second kappa shape index (κ2) is 6.91. The summed E-state index contributed by atoms with van der Waals surface area (Å²) in [7, 11) is -2.91. The summed E-state index contributed by atoms with van der Waals surface area (Å²) in [5.41, 5.74) is 1.43. The van der Waals surface area contributed by atoms with E-state index in [1.165, 1.54) is 6.92 Å². The molecule has 1 fully saturated rings. The molecule has 2 rings (SSSR count). The quantitative estimate of drug-likeness (QED) is 0.824. The first-order valence-corrected chi connectivity index (χ1v) is 9.00. The van der Waals surface area contributed by atoms with E-state index in [0.717, 1.165) is 5.56 Å². The normalized spacial score (nSPS) is 19.6. The summed E-state index contributed by atoms with van der Waals surface area (Å²) in [6.45, 7) is 2.26. The van der Waals surface area contributed by atoms with Crippen molar-refractivity contribution in [3.8, 4) is 0 Å². The van der Waals surface area contributed by atoms with Gasteiger partial charge in [-0.2, -0.15) is 0 Å². The molecule has 0 saturated carbocycles. The first-order valence-electron chi connectivity index (χ1n) is 7.18. The van der Waals surface area contributed by atoms with E-state index in [2.05, 4.69) is 10.6 Å². The Morgan fingerprint density at radius 2 is 1.86 bits per heavy atom. The summed E-state index contributed by atoms with van der Waals surface area (Å²) >= 11 is 0. The van der Waals surface area contributed by atoms with E-state index in [4.69, 9.17) is 0 Å². The van der Waals surface area contributed by atoms with Crippen LogP contribution in [0.4, 0.5) is 0 Å². The van der Waals surface area contributed by atoms with Gasteiger partial charge in [-0.25, -0.2) is 8.42 Å². The Balaban J connectivity index is 1.83. The zero-order chi connectivity index (χ0) is 16.2. The minimum absolute atomic E-state index is 0.00740. The largest absolute Gasteiger partial charge is 0.352 e. The molecule has 6 nitrogen and oxygen atoms in total. The van der Waals surface area contributed by atoms with Crippen LogP contribution in [0.3, 0.4) is 0 Å². The molecule has 1 aromatic rings. The van der Waals surface area contributed by atoms with E-state index in [9.17, 15) is 18.0 Å². The lowest BCUT2D eigenvalue weighted by molar-refractivity contribution is -0.119. The van der Waals surface area contributed by atoms with Gasteiger partial charge in [-0.3, -0.25) is 9.59 Å². The number of carbonyl (C=O) groups excluding carboxylic acids is 2. The fourth-order valence-corrected chi connectivity index (χ4v) is 4.23. The molecular weight excluding hydrogens is 304 g/mol. The monoisotopic (exact) mass is 324 g/mol. The van der Waals surface area contributed by atoms with Crippen molar-refractivity contribution in [1.82, 2.24) is 10.6 Å². The highest BCUT2D eigenvalue weighted by Gasteiger charge is 2.27. The first kappa shape index (κ1) is 16.5. The van der Waals surface area contributed by atoms with Crippen LogP contribution in [-0.4, -0.2) is 38.3 Å². The van der Waals surface area contributed by atoms with Gasteiger partial charge in [0, 0.05) is 25.6 Å². The number of nitrogens with one attached hydrogen (secondary N) is 2. The summed E-state index contributed by atoms with van der Waals surface area (Å²) in [6, 6.07) is 6.95. The zero-order valence-corrected chi connectivity index (χ0v) is 13.3. The molecule has 1 aliphatic rings. The van der Waals surface area contributed by atoms with E-state index in [1.807, 2.05) is 0 Å². The Bertz CT molecular complexity index is 653. The fourth-order valence-electron chi connectivity index (χ4n) is 2.37. The molecule has 1 saturated heterocycles. The maximum Gasteiger partial charge on any atom is 0.251 e. The smallest absolute Gasteiger partial charge is 0.251 e. The van der Waals surface area contributed by atoms with Crippen molar-refractivity contribution in [2.45, 2.75) is 19.9 Å². The molecule has 0 radical (unpaired) electrons. The van der Waals surface area contributed by atoms with Crippen molar-refractivity contribution in [3.63, 3.8) is 0 Å². The Labute approximate surface area is 130 Å². The third kappa shape index (κ3) is 4.84. The lowest BCUT2D eigenvalue weighted by Crippen LogP contribution is -2.29. The van der Waals surface area contributed by atoms with Crippen LogP contribution >= 0.6 is 0 Å². The molecule has 1 heterocycles. The molecule has 120 valence electrons. The average molecular weight is 324 g/mol. The van der Waals surface area contributed by atoms with Crippen molar-refractivity contribution in [2.24, 2.45) is 5.92 Å². The number of rotatable bonds is 5. The zero-order valence-electron chi connectivity index (χ0n) is 12.5. The number of hydrogen-bond donors (Lipinski definition) is 2. The highest BCUT2D eigenvalue weighted by atomic mass is 32.2. The van der Waals surface area contributed by atoms with Gasteiger partial charge in [-0.15, -0.1) is 0 Å². The molecular formula is C15H20N2O4S. The molecule has 1 aliphatic heterocycles. The molecule has 22 heavy (non-hydrogen) atoms. The van der Waals surface area contributed by atoms with Gasteiger partial charge in [0.05, 0.1) is 11.5 Å². The Morgan fingerprint density at radius 3 is 2.41 bits per heavy atom. The van der Waals surface area contributed by atoms with Gasteiger partial charge in [0.1, 0.15) is 0 Å². The second-order valence-electron chi connectivity index (χ2n) is 5.59. The average Bonchev–Trinajstić information content (AvgIpc) is 2.82. The summed E-state index contributed by atoms with van der Waals surface area (Å²) in [6.07, 6.45) is 0.609. The number of hydrogen-bond acceptors (Lipinski definition) is 4. The molecule has 1 atom stereocenters. The third-order valence-electron chi connectivity index (χ3n) is 3.64. The predicted octanol–water partition coefficient (Wildman–Crippen LogP) is 0.487. The summed E-state index contributed by atoms with van der Waals surface area (Å²) in [5, 5.41) is 5.46. The topological polar surface area (TPSA) is 92.3 Å². The van der Waals surface area contributed by atoms with Gasteiger partial charge in [-0.1, -0.05) is 12.1 Å². The van der Waals surface area contributed by atoms with Crippen LogP contribution in [-0.2, 0) is 21.2 Å². The Hall–Kier alpha value is -1.89. The summed E-state index contributed by atoms with van der Waals surface area (Å²) in [5.74, 6) is 0.0608. The minimum atomic E-state index is -2.91. The second-order valence-corrected chi connectivity index (χ2v) is 7.81. The van der Waals surface area contributed by atoms with Crippen LogP contribution in [0.2, 0.25) is 0 Å². The van der Waals surface area contributed by atoms with Crippen molar-refractivity contribution in [1.29, 1.82) is 0 Å². The molecule has 1 unspecified atom stereocenters. The number of sulfone groups is 1. The van der Waals surface area contributed by atoms with Gasteiger partial charge >= 0.3 is 0 Å². The highest BCUT2D eigenvalue weighted by molar-refractivity contribution is 7.91. The number of amides is 2. The SMILES string of the molecule is CC(=O)NCc1ccc(C(=O)NCC2CCS(=O)(=O)C2)cc1. The number of carbonyl (C=O) groups is 2. The standard InChI is InChI=1S/C15H20N2O4S/c1-11(18)16-8-12-2-4-14(5-3-12)15(19)17-9-13-6-7-22(20,21)10-13/h2-5,13H,6-10H2,1H3,(H,16,18)(H,17,19). The van der Waals surface area contributed by atoms with E-state index >= 15 is 0 Å².